The SMILES string of the molecule is CC(=O)C(=O)N1CCCC1C(=O)OCc1ccccc1. The van der Waals surface area contributed by atoms with Gasteiger partial charge in [0.15, 0.2) is 0 Å². The number of benzene rings is 1. The van der Waals surface area contributed by atoms with Gasteiger partial charge in [-0.25, -0.2) is 4.79 Å². The topological polar surface area (TPSA) is 63.7 Å². The number of esters is 1. The standard InChI is InChI=1S/C15H17NO4/c1-11(17)14(18)16-9-5-8-13(16)15(19)20-10-12-6-3-2-4-7-12/h2-4,6-7,13H,5,8-10H2,1H3. The maximum Gasteiger partial charge on any atom is 0.329 e. The molecule has 1 heterocycles. The van der Waals surface area contributed by atoms with Crippen LogP contribution in [-0.4, -0.2) is 35.1 Å². The fourth-order valence-electron chi connectivity index (χ4n) is 2.28. The first-order chi connectivity index (χ1) is 9.59. The summed E-state index contributed by atoms with van der Waals surface area (Å²) in [7, 11) is 0. The van der Waals surface area contributed by atoms with Crippen molar-refractivity contribution in [3.05, 3.63) is 35.9 Å². The molecule has 5 nitrogen and oxygen atoms in total. The van der Waals surface area contributed by atoms with Gasteiger partial charge < -0.3 is 9.64 Å². The molecular formula is C15H17NO4. The number of Topliss-reactive ketones (excluding diaryl/α,β-unsaturated/α-hetero) is 1. The maximum atomic E-state index is 12.0. The Hall–Kier alpha value is -2.17. The highest BCUT2D eigenvalue weighted by Crippen LogP contribution is 2.19. The Kier molecular flexibility index (Phi) is 4.50. The number of hydrogen-bond acceptors (Lipinski definition) is 4. The second kappa shape index (κ2) is 6.32. The maximum absolute atomic E-state index is 12.0. The third-order valence-electron chi connectivity index (χ3n) is 3.31. The van der Waals surface area contributed by atoms with E-state index in [1.807, 2.05) is 30.3 Å². The lowest BCUT2D eigenvalue weighted by atomic mass is 10.2. The van der Waals surface area contributed by atoms with E-state index >= 15 is 0 Å². The molecule has 0 N–H and O–H groups in total. The molecule has 106 valence electrons. The van der Waals surface area contributed by atoms with Crippen molar-refractivity contribution in [3.63, 3.8) is 0 Å². The number of amides is 1. The largest absolute Gasteiger partial charge is 0.459 e. The number of carbonyl (C=O) groups excluding carboxylic acids is 3. The fraction of sp³-hybridized carbons (Fsp3) is 0.400. The van der Waals surface area contributed by atoms with Crippen LogP contribution in [0.1, 0.15) is 25.3 Å². The third kappa shape index (κ3) is 3.23. The second-order valence-corrected chi connectivity index (χ2v) is 4.81. The van der Waals surface area contributed by atoms with E-state index < -0.39 is 23.7 Å². The van der Waals surface area contributed by atoms with Gasteiger partial charge in [-0.1, -0.05) is 30.3 Å². The van der Waals surface area contributed by atoms with Crippen molar-refractivity contribution in [2.75, 3.05) is 6.54 Å². The van der Waals surface area contributed by atoms with Crippen LogP contribution >= 0.6 is 0 Å². The summed E-state index contributed by atoms with van der Waals surface area (Å²) in [5.74, 6) is -1.60. The van der Waals surface area contributed by atoms with Gasteiger partial charge in [-0.05, 0) is 18.4 Å². The van der Waals surface area contributed by atoms with E-state index in [0.29, 0.717) is 19.4 Å². The third-order valence-corrected chi connectivity index (χ3v) is 3.31. The highest BCUT2D eigenvalue weighted by atomic mass is 16.5. The van der Waals surface area contributed by atoms with Gasteiger partial charge in [-0.3, -0.25) is 9.59 Å². The van der Waals surface area contributed by atoms with Crippen LogP contribution in [0.5, 0.6) is 0 Å². The van der Waals surface area contributed by atoms with Crippen LogP contribution in [0, 0.1) is 0 Å². The molecule has 5 heteroatoms. The molecule has 1 saturated heterocycles. The number of nitrogens with zero attached hydrogens (tertiary/aromatic N) is 1. The number of ether oxygens (including phenoxy) is 1. The van der Waals surface area contributed by atoms with Crippen molar-refractivity contribution in [1.82, 2.24) is 4.90 Å². The Bertz CT molecular complexity index is 512. The molecule has 0 bridgehead atoms. The van der Waals surface area contributed by atoms with E-state index in [-0.39, 0.29) is 6.61 Å². The minimum atomic E-state index is -0.630. The molecule has 0 aromatic heterocycles. The average molecular weight is 275 g/mol. The van der Waals surface area contributed by atoms with Crippen LogP contribution in [-0.2, 0) is 25.7 Å². The first-order valence-electron chi connectivity index (χ1n) is 6.61. The van der Waals surface area contributed by atoms with Crippen molar-refractivity contribution in [2.24, 2.45) is 0 Å². The zero-order chi connectivity index (χ0) is 14.5. The molecule has 2 rings (SSSR count). The highest BCUT2D eigenvalue weighted by molar-refractivity contribution is 6.35. The van der Waals surface area contributed by atoms with Gasteiger partial charge in [0, 0.05) is 13.5 Å². The molecule has 0 radical (unpaired) electrons. The van der Waals surface area contributed by atoms with Crippen molar-refractivity contribution in [2.45, 2.75) is 32.4 Å². The summed E-state index contributed by atoms with van der Waals surface area (Å²) in [6.07, 6.45) is 1.26. The Morgan fingerprint density at radius 1 is 1.25 bits per heavy atom. The van der Waals surface area contributed by atoms with Crippen LogP contribution in [0.2, 0.25) is 0 Å². The van der Waals surface area contributed by atoms with Gasteiger partial charge in [-0.2, -0.15) is 0 Å². The molecule has 1 unspecified atom stereocenters. The van der Waals surface area contributed by atoms with Gasteiger partial charge in [0.1, 0.15) is 12.6 Å². The van der Waals surface area contributed by atoms with Gasteiger partial charge in [0.05, 0.1) is 0 Å². The van der Waals surface area contributed by atoms with E-state index in [1.54, 1.807) is 0 Å². The molecular weight excluding hydrogens is 258 g/mol. The minimum Gasteiger partial charge on any atom is -0.459 e. The number of hydrogen-bond donors (Lipinski definition) is 0. The fourth-order valence-corrected chi connectivity index (χ4v) is 2.28. The molecule has 1 aliphatic heterocycles. The Labute approximate surface area is 117 Å². The summed E-state index contributed by atoms with van der Waals surface area (Å²) >= 11 is 0. The van der Waals surface area contributed by atoms with Crippen molar-refractivity contribution >= 4 is 17.7 Å². The molecule has 1 atom stereocenters. The highest BCUT2D eigenvalue weighted by Gasteiger charge is 2.36. The predicted octanol–water partition coefficient (Wildman–Crippen LogP) is 1.31. The summed E-state index contributed by atoms with van der Waals surface area (Å²) < 4.78 is 5.23. The van der Waals surface area contributed by atoms with E-state index in [9.17, 15) is 14.4 Å². The second-order valence-electron chi connectivity index (χ2n) is 4.81. The summed E-state index contributed by atoms with van der Waals surface area (Å²) in [5.41, 5.74) is 0.892. The van der Waals surface area contributed by atoms with Gasteiger partial charge in [0.25, 0.3) is 5.91 Å². The molecule has 1 aliphatic rings. The number of ketones is 1. The summed E-state index contributed by atoms with van der Waals surface area (Å²) in [4.78, 5) is 36.2. The first kappa shape index (κ1) is 14.2. The van der Waals surface area contributed by atoms with E-state index in [2.05, 4.69) is 0 Å². The van der Waals surface area contributed by atoms with Crippen LogP contribution in [0.25, 0.3) is 0 Å². The average Bonchev–Trinajstić information content (AvgIpc) is 2.94. The molecule has 1 aromatic carbocycles. The molecule has 1 aromatic rings. The zero-order valence-corrected chi connectivity index (χ0v) is 11.4. The Morgan fingerprint density at radius 3 is 2.60 bits per heavy atom. The lowest BCUT2D eigenvalue weighted by molar-refractivity contribution is -0.156. The van der Waals surface area contributed by atoms with Crippen molar-refractivity contribution in [1.29, 1.82) is 0 Å². The molecule has 1 amide bonds. The summed E-state index contributed by atoms with van der Waals surface area (Å²) in [5, 5.41) is 0. The van der Waals surface area contributed by atoms with E-state index in [4.69, 9.17) is 4.74 Å². The van der Waals surface area contributed by atoms with Crippen LogP contribution in [0.4, 0.5) is 0 Å². The van der Waals surface area contributed by atoms with E-state index in [0.717, 1.165) is 5.56 Å². The predicted molar refractivity (Wildman–Crippen MR) is 71.7 cm³/mol. The first-order valence-corrected chi connectivity index (χ1v) is 6.61. The summed E-state index contributed by atoms with van der Waals surface area (Å²) in [6.45, 7) is 1.83. The molecule has 0 saturated carbocycles. The lowest BCUT2D eigenvalue weighted by Crippen LogP contribution is -2.43. The molecule has 0 spiro atoms. The quantitative estimate of drug-likeness (QED) is 0.614. The van der Waals surface area contributed by atoms with Gasteiger partial charge in [0.2, 0.25) is 5.78 Å². The van der Waals surface area contributed by atoms with Crippen molar-refractivity contribution < 1.29 is 19.1 Å². The van der Waals surface area contributed by atoms with Crippen LogP contribution in [0.15, 0.2) is 30.3 Å². The number of likely N-dealkylation sites (tertiary alicyclic amines) is 1. The summed E-state index contributed by atoms with van der Waals surface area (Å²) in [6, 6.07) is 8.71. The van der Waals surface area contributed by atoms with E-state index in [1.165, 1.54) is 11.8 Å². The lowest BCUT2D eigenvalue weighted by Gasteiger charge is -2.21. The minimum absolute atomic E-state index is 0.179. The van der Waals surface area contributed by atoms with Crippen LogP contribution in [0.3, 0.4) is 0 Å². The smallest absolute Gasteiger partial charge is 0.329 e. The van der Waals surface area contributed by atoms with Gasteiger partial charge >= 0.3 is 5.97 Å². The number of rotatable bonds is 4. The Balaban J connectivity index is 1.94. The van der Waals surface area contributed by atoms with Gasteiger partial charge in [-0.15, -0.1) is 0 Å². The monoisotopic (exact) mass is 275 g/mol. The molecule has 0 aliphatic carbocycles. The van der Waals surface area contributed by atoms with Crippen LogP contribution < -0.4 is 0 Å². The zero-order valence-electron chi connectivity index (χ0n) is 11.4. The molecule has 20 heavy (non-hydrogen) atoms. The normalized spacial score (nSPS) is 17.9. The Morgan fingerprint density at radius 2 is 1.95 bits per heavy atom. The molecule has 1 fully saturated rings. The van der Waals surface area contributed by atoms with Crippen molar-refractivity contribution in [3.8, 4) is 0 Å². The number of carbonyl (C=O) groups is 3.